The lowest BCUT2D eigenvalue weighted by Gasteiger charge is -1.99. The molecule has 0 fully saturated rings. The Morgan fingerprint density at radius 1 is 0.750 bits per heavy atom. The van der Waals surface area contributed by atoms with Crippen molar-refractivity contribution in [2.24, 2.45) is 0 Å². The van der Waals surface area contributed by atoms with Gasteiger partial charge < -0.3 is 5.11 Å². The van der Waals surface area contributed by atoms with Crippen LogP contribution in [0.3, 0.4) is 0 Å². The minimum atomic E-state index is -0.664. The highest BCUT2D eigenvalue weighted by molar-refractivity contribution is 5.66. The summed E-state index contributed by atoms with van der Waals surface area (Å²) in [5.41, 5.74) is 0. The van der Waals surface area contributed by atoms with Crippen LogP contribution < -0.4 is 0 Å². The number of hydrogen-bond acceptors (Lipinski definition) is 1. The van der Waals surface area contributed by atoms with E-state index in [0.29, 0.717) is 6.42 Å². The van der Waals surface area contributed by atoms with E-state index in [1.165, 1.54) is 77.0 Å². The predicted molar refractivity (Wildman–Crippen MR) is 107 cm³/mol. The quantitative estimate of drug-likeness (QED) is 0.231. The number of carboxylic acids is 1. The van der Waals surface area contributed by atoms with Crippen LogP contribution in [-0.4, -0.2) is 11.1 Å². The number of aliphatic carboxylic acids is 1. The van der Waals surface area contributed by atoms with Gasteiger partial charge in [0.15, 0.2) is 0 Å². The number of allylic oxidation sites excluding steroid dienone is 2. The van der Waals surface area contributed by atoms with Gasteiger partial charge in [0.25, 0.3) is 0 Å². The molecule has 0 aromatic carbocycles. The van der Waals surface area contributed by atoms with Crippen LogP contribution in [0.1, 0.15) is 117 Å². The minimum Gasteiger partial charge on any atom is -0.481 e. The number of unbranched alkanes of at least 4 members (excludes halogenated alkanes) is 12. The van der Waals surface area contributed by atoms with E-state index in [1.54, 1.807) is 0 Å². The van der Waals surface area contributed by atoms with Gasteiger partial charge in [0, 0.05) is 6.42 Å². The van der Waals surface area contributed by atoms with Crippen LogP contribution in [0.5, 0.6) is 0 Å². The smallest absolute Gasteiger partial charge is 0.303 e. The Morgan fingerprint density at radius 2 is 1.17 bits per heavy atom. The highest BCUT2D eigenvalue weighted by Crippen LogP contribution is 2.09. The highest BCUT2D eigenvalue weighted by atomic mass is 16.4. The van der Waals surface area contributed by atoms with Crippen molar-refractivity contribution >= 4 is 5.97 Å². The minimum absolute atomic E-state index is 0.332. The first-order chi connectivity index (χ1) is 11.7. The first-order valence-corrected chi connectivity index (χ1v) is 10.3. The third-order valence-corrected chi connectivity index (χ3v) is 4.01. The van der Waals surface area contributed by atoms with Gasteiger partial charge in [0.1, 0.15) is 0 Å². The molecule has 0 bridgehead atoms. The molecule has 0 heterocycles. The zero-order valence-corrected chi connectivity index (χ0v) is 16.5. The van der Waals surface area contributed by atoms with Gasteiger partial charge in [-0.05, 0) is 32.1 Å². The summed E-state index contributed by atoms with van der Waals surface area (Å²) in [6.07, 6.45) is 23.5. The van der Waals surface area contributed by atoms with Crippen LogP contribution in [0.25, 0.3) is 0 Å². The van der Waals surface area contributed by atoms with Gasteiger partial charge in [-0.15, -0.1) is 0 Å². The molecule has 0 spiro atoms. The Hall–Kier alpha value is -0.790. The molecule has 0 amide bonds. The highest BCUT2D eigenvalue weighted by Gasteiger charge is 1.95. The molecule has 0 aliphatic heterocycles. The van der Waals surface area contributed by atoms with Crippen molar-refractivity contribution in [2.45, 2.75) is 117 Å². The molecule has 0 atom stereocenters. The maximum absolute atomic E-state index is 10.3. The predicted octanol–water partition coefficient (Wildman–Crippen LogP) is 7.73. The average Bonchev–Trinajstić information content (AvgIpc) is 2.58. The second-order valence-corrected chi connectivity index (χ2v) is 6.58. The first kappa shape index (κ1) is 25.5. The molecule has 1 radical (unpaired) electrons. The second-order valence-electron chi connectivity index (χ2n) is 6.58. The average molecular weight is 340 g/mol. The summed E-state index contributed by atoms with van der Waals surface area (Å²) in [4.78, 5) is 10.3. The second kappa shape index (κ2) is 24.5. The Bertz CT molecular complexity index is 257. The molecule has 143 valence electrons. The summed E-state index contributed by atoms with van der Waals surface area (Å²) in [6, 6.07) is 0. The lowest BCUT2D eigenvalue weighted by atomic mass is 10.1. The third-order valence-electron chi connectivity index (χ3n) is 4.01. The Labute approximate surface area is 152 Å². The number of carboxylic acid groups (broad SMARTS) is 1. The van der Waals surface area contributed by atoms with Gasteiger partial charge in [-0.2, -0.15) is 0 Å². The van der Waals surface area contributed by atoms with E-state index in [-0.39, 0.29) is 0 Å². The molecule has 2 heteroatoms. The fourth-order valence-corrected chi connectivity index (χ4v) is 2.35. The zero-order chi connectivity index (χ0) is 18.3. The summed E-state index contributed by atoms with van der Waals surface area (Å²) in [6.45, 7) is 7.98. The van der Waals surface area contributed by atoms with Crippen molar-refractivity contribution in [1.82, 2.24) is 0 Å². The SMILES string of the molecule is CCCCCCCC/C=C\CCCCCCCC(=O)O.[CH2]CCC. The van der Waals surface area contributed by atoms with Crippen molar-refractivity contribution in [3.63, 3.8) is 0 Å². The first-order valence-electron chi connectivity index (χ1n) is 10.3. The standard InChI is InChI=1S/C18H34O2.C4H9/c1-2-3-4-5-6-7-8-9-10-11-12-13-14-15-16-17-18(19)20;1-3-4-2/h9-10H,2-8,11-17H2,1H3,(H,19,20);1,3-4H2,2H3/b10-9-;. The summed E-state index contributed by atoms with van der Waals surface area (Å²) in [5.74, 6) is -0.664. The van der Waals surface area contributed by atoms with Crippen molar-refractivity contribution in [2.75, 3.05) is 0 Å². The van der Waals surface area contributed by atoms with Gasteiger partial charge in [0.05, 0.1) is 0 Å². The van der Waals surface area contributed by atoms with E-state index < -0.39 is 5.97 Å². The normalized spacial score (nSPS) is 10.6. The maximum Gasteiger partial charge on any atom is 0.303 e. The van der Waals surface area contributed by atoms with Gasteiger partial charge in [-0.3, -0.25) is 4.79 Å². The van der Waals surface area contributed by atoms with Crippen LogP contribution in [0.4, 0.5) is 0 Å². The molecule has 0 aromatic rings. The largest absolute Gasteiger partial charge is 0.481 e. The molecule has 0 saturated heterocycles. The molecule has 0 aliphatic rings. The van der Waals surface area contributed by atoms with Gasteiger partial charge in [-0.25, -0.2) is 0 Å². The molecule has 1 N–H and O–H groups in total. The van der Waals surface area contributed by atoms with Gasteiger partial charge >= 0.3 is 5.97 Å². The molecule has 0 aromatic heterocycles. The van der Waals surface area contributed by atoms with Gasteiger partial charge in [0.2, 0.25) is 0 Å². The van der Waals surface area contributed by atoms with E-state index in [0.717, 1.165) is 19.3 Å². The molecule has 0 unspecified atom stereocenters. The van der Waals surface area contributed by atoms with Crippen molar-refractivity contribution < 1.29 is 9.90 Å². The Morgan fingerprint density at radius 3 is 1.58 bits per heavy atom. The third kappa shape index (κ3) is 29.2. The fourth-order valence-electron chi connectivity index (χ4n) is 2.35. The Kier molecular flexibility index (Phi) is 25.9. The van der Waals surface area contributed by atoms with Crippen molar-refractivity contribution in [3.8, 4) is 0 Å². The van der Waals surface area contributed by atoms with Gasteiger partial charge in [-0.1, -0.05) is 97.1 Å². The lowest BCUT2D eigenvalue weighted by Crippen LogP contribution is -1.93. The molecule has 24 heavy (non-hydrogen) atoms. The van der Waals surface area contributed by atoms with Crippen LogP contribution in [0, 0.1) is 6.92 Å². The van der Waals surface area contributed by atoms with E-state index in [9.17, 15) is 4.79 Å². The van der Waals surface area contributed by atoms with Crippen molar-refractivity contribution in [1.29, 1.82) is 0 Å². The van der Waals surface area contributed by atoms with E-state index >= 15 is 0 Å². The maximum atomic E-state index is 10.3. The summed E-state index contributed by atoms with van der Waals surface area (Å²) >= 11 is 0. The summed E-state index contributed by atoms with van der Waals surface area (Å²) < 4.78 is 0. The van der Waals surface area contributed by atoms with Crippen LogP contribution >= 0.6 is 0 Å². The topological polar surface area (TPSA) is 37.3 Å². The van der Waals surface area contributed by atoms with Crippen LogP contribution in [0.2, 0.25) is 0 Å². The molecule has 0 aliphatic carbocycles. The van der Waals surface area contributed by atoms with Crippen LogP contribution in [-0.2, 0) is 4.79 Å². The van der Waals surface area contributed by atoms with Crippen LogP contribution in [0.15, 0.2) is 12.2 Å². The van der Waals surface area contributed by atoms with Crippen molar-refractivity contribution in [3.05, 3.63) is 19.1 Å². The molecule has 0 saturated carbocycles. The fraction of sp³-hybridized carbons (Fsp3) is 0.818. The number of rotatable bonds is 16. The van der Waals surface area contributed by atoms with E-state index in [4.69, 9.17) is 5.11 Å². The molecular weight excluding hydrogens is 296 g/mol. The van der Waals surface area contributed by atoms with E-state index in [1.807, 2.05) is 0 Å². The molecule has 0 rings (SSSR count). The summed E-state index contributed by atoms with van der Waals surface area (Å²) in [5, 5.41) is 8.51. The Balaban J connectivity index is 0. The molecular formula is C22H43O2. The number of carbonyl (C=O) groups is 1. The number of hydrogen-bond donors (Lipinski definition) is 1. The van der Waals surface area contributed by atoms with E-state index in [2.05, 4.69) is 32.9 Å². The molecule has 2 nitrogen and oxygen atoms in total. The monoisotopic (exact) mass is 339 g/mol. The lowest BCUT2D eigenvalue weighted by molar-refractivity contribution is -0.137. The zero-order valence-electron chi connectivity index (χ0n) is 16.5. The summed E-state index contributed by atoms with van der Waals surface area (Å²) in [7, 11) is 0.